The smallest absolute Gasteiger partial charge is 0.335 e. The normalized spacial score (nSPS) is 14.0. The molecule has 18 heavy (non-hydrogen) atoms. The monoisotopic (exact) mass is 244 g/mol. The van der Waals surface area contributed by atoms with E-state index in [1.54, 1.807) is 12.1 Å². The number of rotatable bonds is 5. The lowest BCUT2D eigenvalue weighted by Gasteiger charge is -2.25. The molecule has 1 saturated carbocycles. The predicted octanol–water partition coefficient (Wildman–Crippen LogP) is 2.64. The first-order valence-corrected chi connectivity index (χ1v) is 6.21. The van der Waals surface area contributed by atoms with E-state index in [4.69, 9.17) is 5.11 Å². The Hall–Kier alpha value is -2.02. The highest BCUT2D eigenvalue weighted by Crippen LogP contribution is 2.33. The van der Waals surface area contributed by atoms with Gasteiger partial charge in [0, 0.05) is 12.6 Å². The summed E-state index contributed by atoms with van der Waals surface area (Å²) >= 11 is 0. The number of hydrogen-bond acceptors (Lipinski definition) is 3. The van der Waals surface area contributed by atoms with Crippen LogP contribution in [0.2, 0.25) is 0 Å². The molecule has 1 N–H and O–H groups in total. The summed E-state index contributed by atoms with van der Waals surface area (Å²) in [5, 5.41) is 18.1. The Morgan fingerprint density at radius 3 is 2.78 bits per heavy atom. The number of nitriles is 1. The fourth-order valence-electron chi connectivity index (χ4n) is 2.14. The van der Waals surface area contributed by atoms with Crippen LogP contribution in [0.1, 0.15) is 42.1 Å². The molecular weight excluding hydrogens is 228 g/mol. The molecule has 2 rings (SSSR count). The average Bonchev–Trinajstić information content (AvgIpc) is 3.19. The lowest BCUT2D eigenvalue weighted by atomic mass is 10.1. The maximum Gasteiger partial charge on any atom is 0.335 e. The van der Waals surface area contributed by atoms with Crippen LogP contribution in [0.4, 0.5) is 5.69 Å². The van der Waals surface area contributed by atoms with Gasteiger partial charge in [-0.1, -0.05) is 6.92 Å². The summed E-state index contributed by atoms with van der Waals surface area (Å²) in [6.07, 6.45) is 3.33. The van der Waals surface area contributed by atoms with Crippen LogP contribution in [0.25, 0.3) is 0 Å². The first-order valence-electron chi connectivity index (χ1n) is 6.21. The van der Waals surface area contributed by atoms with Crippen LogP contribution in [0, 0.1) is 11.3 Å². The summed E-state index contributed by atoms with van der Waals surface area (Å²) in [5.74, 6) is -0.994. The molecular formula is C14H16N2O2. The van der Waals surface area contributed by atoms with E-state index in [-0.39, 0.29) is 5.56 Å². The van der Waals surface area contributed by atoms with Crippen molar-refractivity contribution >= 4 is 11.7 Å². The number of benzene rings is 1. The summed E-state index contributed by atoms with van der Waals surface area (Å²) in [6, 6.07) is 7.42. The molecule has 0 saturated heterocycles. The van der Waals surface area contributed by atoms with E-state index in [0.29, 0.717) is 11.6 Å². The van der Waals surface area contributed by atoms with Crippen LogP contribution in [0.5, 0.6) is 0 Å². The third-order valence-corrected chi connectivity index (χ3v) is 3.13. The molecule has 0 atom stereocenters. The second-order valence-electron chi connectivity index (χ2n) is 4.57. The molecule has 94 valence electrons. The number of anilines is 1. The van der Waals surface area contributed by atoms with Crippen LogP contribution in [-0.4, -0.2) is 23.7 Å². The van der Waals surface area contributed by atoms with Crippen molar-refractivity contribution in [2.75, 3.05) is 11.4 Å². The molecule has 0 spiro atoms. The maximum atomic E-state index is 10.9. The summed E-state index contributed by atoms with van der Waals surface area (Å²) in [7, 11) is 0. The van der Waals surface area contributed by atoms with Gasteiger partial charge in [0.2, 0.25) is 0 Å². The third-order valence-electron chi connectivity index (χ3n) is 3.13. The molecule has 4 nitrogen and oxygen atoms in total. The second kappa shape index (κ2) is 5.09. The minimum Gasteiger partial charge on any atom is -0.478 e. The molecule has 0 radical (unpaired) electrons. The third kappa shape index (κ3) is 2.45. The highest BCUT2D eigenvalue weighted by molar-refractivity contribution is 5.89. The van der Waals surface area contributed by atoms with Gasteiger partial charge in [-0.25, -0.2) is 4.79 Å². The van der Waals surface area contributed by atoms with E-state index in [2.05, 4.69) is 17.9 Å². The van der Waals surface area contributed by atoms with Gasteiger partial charge in [0.15, 0.2) is 0 Å². The molecule has 0 unspecified atom stereocenters. The Labute approximate surface area is 106 Å². The zero-order chi connectivity index (χ0) is 13.1. The van der Waals surface area contributed by atoms with Crippen molar-refractivity contribution in [1.82, 2.24) is 0 Å². The number of carboxylic acid groups (broad SMARTS) is 1. The Balaban J connectivity index is 2.37. The highest BCUT2D eigenvalue weighted by Gasteiger charge is 2.30. The minimum atomic E-state index is -0.994. The van der Waals surface area contributed by atoms with Gasteiger partial charge in [0.25, 0.3) is 0 Å². The van der Waals surface area contributed by atoms with Crippen molar-refractivity contribution in [3.63, 3.8) is 0 Å². The molecule has 1 aromatic carbocycles. The van der Waals surface area contributed by atoms with Gasteiger partial charge in [0.05, 0.1) is 16.8 Å². The number of nitrogens with zero attached hydrogens (tertiary/aromatic N) is 2. The Morgan fingerprint density at radius 2 is 2.28 bits per heavy atom. The van der Waals surface area contributed by atoms with E-state index in [1.807, 2.05) is 0 Å². The van der Waals surface area contributed by atoms with E-state index in [0.717, 1.165) is 31.5 Å². The van der Waals surface area contributed by atoms with Gasteiger partial charge in [-0.3, -0.25) is 0 Å². The number of hydrogen-bond donors (Lipinski definition) is 1. The molecule has 0 aromatic heterocycles. The Bertz CT molecular complexity index is 501. The number of carboxylic acids is 1. The van der Waals surface area contributed by atoms with E-state index in [1.165, 1.54) is 6.07 Å². The molecule has 4 heteroatoms. The summed E-state index contributed by atoms with van der Waals surface area (Å²) in [6.45, 7) is 3.01. The Morgan fingerprint density at radius 1 is 1.56 bits per heavy atom. The van der Waals surface area contributed by atoms with Crippen LogP contribution >= 0.6 is 0 Å². The summed E-state index contributed by atoms with van der Waals surface area (Å²) in [4.78, 5) is 13.1. The van der Waals surface area contributed by atoms with Crippen molar-refractivity contribution in [3.8, 4) is 6.07 Å². The minimum absolute atomic E-state index is 0.169. The van der Waals surface area contributed by atoms with Gasteiger partial charge in [0.1, 0.15) is 6.07 Å². The van der Waals surface area contributed by atoms with Crippen LogP contribution in [0.3, 0.4) is 0 Å². The molecule has 0 aliphatic heterocycles. The average molecular weight is 244 g/mol. The van der Waals surface area contributed by atoms with E-state index < -0.39 is 5.97 Å². The molecule has 0 heterocycles. The topological polar surface area (TPSA) is 64.3 Å². The molecule has 1 aromatic rings. The molecule has 1 aliphatic rings. The summed E-state index contributed by atoms with van der Waals surface area (Å²) < 4.78 is 0. The quantitative estimate of drug-likeness (QED) is 0.864. The highest BCUT2D eigenvalue weighted by atomic mass is 16.4. The van der Waals surface area contributed by atoms with Gasteiger partial charge < -0.3 is 10.0 Å². The van der Waals surface area contributed by atoms with E-state index in [9.17, 15) is 10.1 Å². The van der Waals surface area contributed by atoms with Crippen molar-refractivity contribution in [3.05, 3.63) is 29.3 Å². The van der Waals surface area contributed by atoms with Gasteiger partial charge in [-0.2, -0.15) is 5.26 Å². The van der Waals surface area contributed by atoms with E-state index >= 15 is 0 Å². The zero-order valence-electron chi connectivity index (χ0n) is 10.4. The number of aromatic carboxylic acids is 1. The SMILES string of the molecule is CCCN(c1ccc(C(=O)O)cc1C#N)C1CC1. The van der Waals surface area contributed by atoms with Crippen molar-refractivity contribution in [2.24, 2.45) is 0 Å². The zero-order valence-corrected chi connectivity index (χ0v) is 10.4. The van der Waals surface area contributed by atoms with Crippen molar-refractivity contribution in [1.29, 1.82) is 5.26 Å². The first kappa shape index (κ1) is 12.4. The largest absolute Gasteiger partial charge is 0.478 e. The van der Waals surface area contributed by atoms with Gasteiger partial charge in [-0.15, -0.1) is 0 Å². The molecule has 1 aliphatic carbocycles. The Kier molecular flexibility index (Phi) is 3.52. The standard InChI is InChI=1S/C14H16N2O2/c1-2-7-16(12-4-5-12)13-6-3-10(14(17)18)8-11(13)9-15/h3,6,8,12H,2,4-5,7H2,1H3,(H,17,18). The molecule has 0 bridgehead atoms. The maximum absolute atomic E-state index is 10.9. The molecule has 0 amide bonds. The van der Waals surface area contributed by atoms with Crippen molar-refractivity contribution in [2.45, 2.75) is 32.2 Å². The van der Waals surface area contributed by atoms with Crippen LogP contribution in [0.15, 0.2) is 18.2 Å². The number of carbonyl (C=O) groups is 1. The molecule has 1 fully saturated rings. The lowest BCUT2D eigenvalue weighted by Crippen LogP contribution is -2.27. The lowest BCUT2D eigenvalue weighted by molar-refractivity contribution is 0.0697. The second-order valence-corrected chi connectivity index (χ2v) is 4.57. The summed E-state index contributed by atoms with van der Waals surface area (Å²) in [5.41, 5.74) is 1.49. The fourth-order valence-corrected chi connectivity index (χ4v) is 2.14. The fraction of sp³-hybridized carbons (Fsp3) is 0.429. The first-order chi connectivity index (χ1) is 8.67. The van der Waals surface area contributed by atoms with Gasteiger partial charge >= 0.3 is 5.97 Å². The van der Waals surface area contributed by atoms with Crippen molar-refractivity contribution < 1.29 is 9.90 Å². The predicted molar refractivity (Wildman–Crippen MR) is 68.8 cm³/mol. The van der Waals surface area contributed by atoms with Gasteiger partial charge in [-0.05, 0) is 37.5 Å². The van der Waals surface area contributed by atoms with Crippen LogP contribution in [-0.2, 0) is 0 Å². The van der Waals surface area contributed by atoms with Crippen LogP contribution < -0.4 is 4.90 Å².